The monoisotopic (exact) mass is 398 g/mol. The molecule has 0 aliphatic heterocycles. The number of hydrogen-bond donors (Lipinski definition) is 2. The molecule has 3 aromatic carbocycles. The van der Waals surface area contributed by atoms with Gasteiger partial charge in [0, 0.05) is 36.0 Å². The fourth-order valence-electron chi connectivity index (χ4n) is 3.58. The number of nitrogens with one attached hydrogen (secondary N) is 1. The summed E-state index contributed by atoms with van der Waals surface area (Å²) in [4.78, 5) is 26.3. The van der Waals surface area contributed by atoms with Crippen molar-refractivity contribution in [3.63, 3.8) is 0 Å². The average molecular weight is 398 g/mol. The maximum absolute atomic E-state index is 12.9. The largest absolute Gasteiger partial charge is 0.366 e. The lowest BCUT2D eigenvalue weighted by Crippen LogP contribution is -2.26. The zero-order valence-electron chi connectivity index (χ0n) is 16.8. The van der Waals surface area contributed by atoms with Gasteiger partial charge in [-0.05, 0) is 53.1 Å². The summed E-state index contributed by atoms with van der Waals surface area (Å²) in [5.74, 6) is -0.511. The first kappa shape index (κ1) is 19.4. The second-order valence-corrected chi connectivity index (χ2v) is 7.37. The number of fused-ring (bicyclic) bond motifs is 1. The summed E-state index contributed by atoms with van der Waals surface area (Å²) < 4.78 is 0. The second-order valence-electron chi connectivity index (χ2n) is 7.37. The molecule has 30 heavy (non-hydrogen) atoms. The van der Waals surface area contributed by atoms with E-state index in [4.69, 9.17) is 5.73 Å². The van der Waals surface area contributed by atoms with Gasteiger partial charge in [-0.15, -0.1) is 0 Å². The molecule has 0 spiro atoms. The Labute approximate surface area is 174 Å². The third-order valence-corrected chi connectivity index (χ3v) is 5.28. The summed E-state index contributed by atoms with van der Waals surface area (Å²) in [6.45, 7) is 2.42. The zero-order valence-corrected chi connectivity index (χ0v) is 16.8. The number of hydrogen-bond acceptors (Lipinski definition) is 3. The van der Waals surface area contributed by atoms with Crippen LogP contribution >= 0.6 is 0 Å². The van der Waals surface area contributed by atoms with Gasteiger partial charge in [0.2, 0.25) is 5.91 Å². The van der Waals surface area contributed by atoms with Crippen LogP contribution in [-0.2, 0) is 6.54 Å². The van der Waals surface area contributed by atoms with Crippen LogP contribution in [0.2, 0.25) is 0 Å². The van der Waals surface area contributed by atoms with Crippen molar-refractivity contribution in [3.8, 4) is 11.1 Å². The molecule has 1 heterocycles. The van der Waals surface area contributed by atoms with Crippen LogP contribution in [0.1, 0.15) is 32.0 Å². The molecule has 0 radical (unpaired) electrons. The van der Waals surface area contributed by atoms with Crippen LogP contribution in [0.15, 0.2) is 66.9 Å². The van der Waals surface area contributed by atoms with Crippen LogP contribution in [0.4, 0.5) is 0 Å². The number of H-pyrrole nitrogens is 1. The molecule has 0 saturated carbocycles. The summed E-state index contributed by atoms with van der Waals surface area (Å²) in [6, 6.07) is 18.8. The molecule has 6 heteroatoms. The molecular formula is C24H22N4O2. The van der Waals surface area contributed by atoms with Gasteiger partial charge in [0.25, 0.3) is 5.91 Å². The molecule has 1 aromatic heterocycles. The Hall–Kier alpha value is -3.93. The third-order valence-electron chi connectivity index (χ3n) is 5.28. The van der Waals surface area contributed by atoms with E-state index in [1.165, 1.54) is 0 Å². The second kappa shape index (κ2) is 7.83. The number of benzene rings is 3. The number of rotatable bonds is 5. The summed E-state index contributed by atoms with van der Waals surface area (Å²) >= 11 is 0. The molecule has 0 fully saturated rings. The van der Waals surface area contributed by atoms with Gasteiger partial charge in [0.05, 0.1) is 6.20 Å². The molecule has 3 N–H and O–H groups in total. The van der Waals surface area contributed by atoms with E-state index in [1.807, 2.05) is 55.5 Å². The molecule has 0 unspecified atom stereocenters. The lowest BCUT2D eigenvalue weighted by atomic mass is 9.96. The number of nitrogens with two attached hydrogens (primary N) is 1. The van der Waals surface area contributed by atoms with Crippen molar-refractivity contribution >= 4 is 22.6 Å². The molecule has 0 aliphatic carbocycles. The van der Waals surface area contributed by atoms with Crippen molar-refractivity contribution in [2.45, 2.75) is 13.5 Å². The van der Waals surface area contributed by atoms with Crippen molar-refractivity contribution in [1.29, 1.82) is 0 Å². The number of amides is 2. The Balaban J connectivity index is 1.63. The Kier molecular flexibility index (Phi) is 5.06. The molecule has 0 aliphatic rings. The number of carbonyl (C=O) groups excluding carboxylic acids is 2. The van der Waals surface area contributed by atoms with Gasteiger partial charge in [-0.2, -0.15) is 5.10 Å². The van der Waals surface area contributed by atoms with Crippen LogP contribution in [0.25, 0.3) is 21.9 Å². The molecular weight excluding hydrogens is 376 g/mol. The number of aryl methyl sites for hydroxylation is 1. The Morgan fingerprint density at radius 1 is 1.03 bits per heavy atom. The van der Waals surface area contributed by atoms with Gasteiger partial charge in [0.1, 0.15) is 0 Å². The van der Waals surface area contributed by atoms with Crippen molar-refractivity contribution in [3.05, 3.63) is 89.2 Å². The van der Waals surface area contributed by atoms with Crippen molar-refractivity contribution in [2.75, 3.05) is 7.05 Å². The highest BCUT2D eigenvalue weighted by atomic mass is 16.2. The molecule has 0 saturated heterocycles. The summed E-state index contributed by atoms with van der Waals surface area (Å²) in [7, 11) is 1.78. The fourth-order valence-corrected chi connectivity index (χ4v) is 3.58. The van der Waals surface area contributed by atoms with E-state index >= 15 is 0 Å². The van der Waals surface area contributed by atoms with Crippen LogP contribution in [0.3, 0.4) is 0 Å². The van der Waals surface area contributed by atoms with Crippen LogP contribution in [-0.4, -0.2) is 34.0 Å². The van der Waals surface area contributed by atoms with E-state index in [0.717, 1.165) is 33.2 Å². The quantitative estimate of drug-likeness (QED) is 0.534. The number of aromatic nitrogens is 2. The standard InChI is InChI=1S/C24H22N4O2/c1-15-20(13-26-27-15)14-28(2)24(30)19-10-8-16-11-18(9-7-17(16)12-19)21-5-3-4-6-22(21)23(25)29/h3-13H,14H2,1-2H3,(H2,25,29)(H,26,27). The molecule has 2 amide bonds. The number of primary amides is 1. The minimum absolute atomic E-state index is 0.0550. The first-order valence-electron chi connectivity index (χ1n) is 9.61. The maximum Gasteiger partial charge on any atom is 0.253 e. The normalized spacial score (nSPS) is 10.9. The smallest absolute Gasteiger partial charge is 0.253 e. The van der Waals surface area contributed by atoms with E-state index in [9.17, 15) is 9.59 Å². The fraction of sp³-hybridized carbons (Fsp3) is 0.125. The van der Waals surface area contributed by atoms with Crippen LogP contribution in [0.5, 0.6) is 0 Å². The van der Waals surface area contributed by atoms with Gasteiger partial charge in [-0.1, -0.05) is 36.4 Å². The van der Waals surface area contributed by atoms with E-state index in [2.05, 4.69) is 10.2 Å². The van der Waals surface area contributed by atoms with E-state index in [0.29, 0.717) is 17.7 Å². The van der Waals surface area contributed by atoms with Gasteiger partial charge < -0.3 is 10.6 Å². The van der Waals surface area contributed by atoms with Crippen molar-refractivity contribution < 1.29 is 9.59 Å². The highest BCUT2D eigenvalue weighted by molar-refractivity contribution is 6.02. The van der Waals surface area contributed by atoms with E-state index in [-0.39, 0.29) is 5.91 Å². The Morgan fingerprint density at radius 2 is 1.77 bits per heavy atom. The molecule has 0 bridgehead atoms. The molecule has 150 valence electrons. The van der Waals surface area contributed by atoms with Crippen molar-refractivity contribution in [2.24, 2.45) is 5.73 Å². The lowest BCUT2D eigenvalue weighted by molar-refractivity contribution is 0.0785. The number of carbonyl (C=O) groups is 2. The highest BCUT2D eigenvalue weighted by Crippen LogP contribution is 2.28. The maximum atomic E-state index is 12.9. The highest BCUT2D eigenvalue weighted by Gasteiger charge is 2.15. The molecule has 0 atom stereocenters. The lowest BCUT2D eigenvalue weighted by Gasteiger charge is -2.17. The van der Waals surface area contributed by atoms with Gasteiger partial charge >= 0.3 is 0 Å². The average Bonchev–Trinajstić information content (AvgIpc) is 3.16. The summed E-state index contributed by atoms with van der Waals surface area (Å²) in [6.07, 6.45) is 1.74. The van der Waals surface area contributed by atoms with Crippen LogP contribution in [0, 0.1) is 6.92 Å². The minimum atomic E-state index is -0.456. The summed E-state index contributed by atoms with van der Waals surface area (Å²) in [5, 5.41) is 8.83. The number of nitrogens with zero attached hydrogens (tertiary/aromatic N) is 2. The Bertz CT molecular complexity index is 1260. The van der Waals surface area contributed by atoms with Crippen LogP contribution < -0.4 is 5.73 Å². The predicted molar refractivity (Wildman–Crippen MR) is 117 cm³/mol. The van der Waals surface area contributed by atoms with E-state index < -0.39 is 5.91 Å². The first-order valence-corrected chi connectivity index (χ1v) is 9.61. The van der Waals surface area contributed by atoms with Gasteiger partial charge in [0.15, 0.2) is 0 Å². The van der Waals surface area contributed by atoms with E-state index in [1.54, 1.807) is 30.3 Å². The van der Waals surface area contributed by atoms with Gasteiger partial charge in [-0.25, -0.2) is 0 Å². The van der Waals surface area contributed by atoms with Gasteiger partial charge in [-0.3, -0.25) is 14.7 Å². The minimum Gasteiger partial charge on any atom is -0.366 e. The topological polar surface area (TPSA) is 92.1 Å². The molecule has 4 aromatic rings. The Morgan fingerprint density at radius 3 is 2.50 bits per heavy atom. The first-order chi connectivity index (χ1) is 14.4. The third kappa shape index (κ3) is 3.67. The molecule has 6 nitrogen and oxygen atoms in total. The summed E-state index contributed by atoms with van der Waals surface area (Å²) in [5.41, 5.74) is 10.3. The molecule has 4 rings (SSSR count). The SMILES string of the molecule is Cc1[nH]ncc1CN(C)C(=O)c1ccc2cc(-c3ccccc3C(N)=O)ccc2c1. The van der Waals surface area contributed by atoms with Crippen molar-refractivity contribution in [1.82, 2.24) is 15.1 Å². The number of aromatic amines is 1. The predicted octanol–water partition coefficient (Wildman–Crippen LogP) is 3.91. The zero-order chi connectivity index (χ0) is 21.3.